The maximum Gasteiger partial charge on any atom is 0.326 e. The Balaban J connectivity index is 1.44. The number of carboxylic acid groups (broad SMARTS) is 2. The maximum absolute atomic E-state index is 13.5. The summed E-state index contributed by atoms with van der Waals surface area (Å²) < 4.78 is 0. The summed E-state index contributed by atoms with van der Waals surface area (Å²) in [5.41, 5.74) is 8.64. The zero-order chi connectivity index (χ0) is 36.2. The van der Waals surface area contributed by atoms with Crippen LogP contribution in [-0.4, -0.2) is 86.6 Å². The minimum Gasteiger partial charge on any atom is -0.508 e. The lowest BCUT2D eigenvalue weighted by molar-refractivity contribution is -0.143. The SMILES string of the molecule is N[C@@H](Cc1ccccc1)C(=O)NCC(=O)N[C@@H](Cc1ccc(O)cc1)C(=O)N[C@@H](CC(=O)O)C(=O)N[C@@H](Cc1c[nH]c2ccccc12)C(=O)O. The van der Waals surface area contributed by atoms with E-state index in [2.05, 4.69) is 26.3 Å². The second-order valence-electron chi connectivity index (χ2n) is 11.6. The zero-order valence-electron chi connectivity index (χ0n) is 26.8. The number of aromatic hydroxyl groups is 1. The Morgan fingerprint density at radius 2 is 1.30 bits per heavy atom. The van der Waals surface area contributed by atoms with Crippen LogP contribution in [0.1, 0.15) is 23.1 Å². The summed E-state index contributed by atoms with van der Waals surface area (Å²) in [6, 6.07) is 16.4. The standard InChI is InChI=1S/C35H38N6O9/c36-25(14-20-6-2-1-3-7-20)32(46)38-19-30(43)39-27(15-21-10-12-23(42)13-11-21)33(47)40-28(17-31(44)45)34(48)41-29(35(49)50)16-22-18-37-26-9-5-4-8-24(22)26/h1-13,18,25,27-29,37,42H,14-17,19,36H2,(H,38,46)(H,39,43)(H,40,47)(H,41,48)(H,44,45)(H,49,50)/t25-,27-,28-,29-/m0/s1. The van der Waals surface area contributed by atoms with Crippen LogP contribution in [0, 0.1) is 0 Å². The number of nitrogens with one attached hydrogen (secondary N) is 5. The molecule has 0 saturated heterocycles. The molecule has 1 aromatic heterocycles. The third-order valence-electron chi connectivity index (χ3n) is 7.81. The van der Waals surface area contributed by atoms with Crippen LogP contribution < -0.4 is 27.0 Å². The second-order valence-corrected chi connectivity index (χ2v) is 11.6. The lowest BCUT2D eigenvalue weighted by Gasteiger charge is -2.24. The monoisotopic (exact) mass is 686 g/mol. The van der Waals surface area contributed by atoms with Crippen LogP contribution in [0.2, 0.25) is 0 Å². The molecule has 0 saturated carbocycles. The number of hydrogen-bond acceptors (Lipinski definition) is 8. The number of aliphatic carboxylic acids is 2. The number of aromatic nitrogens is 1. The molecule has 15 heteroatoms. The molecular formula is C35H38N6O9. The second kappa shape index (κ2) is 17.3. The Kier molecular flexibility index (Phi) is 12.6. The number of amides is 4. The molecule has 0 aliphatic rings. The molecule has 0 aliphatic heterocycles. The third kappa shape index (κ3) is 10.6. The highest BCUT2D eigenvalue weighted by atomic mass is 16.4. The Morgan fingerprint density at radius 3 is 1.98 bits per heavy atom. The molecule has 0 aliphatic carbocycles. The number of nitrogens with two attached hydrogens (primary N) is 1. The number of benzene rings is 3. The van der Waals surface area contributed by atoms with Crippen molar-refractivity contribution in [2.24, 2.45) is 5.73 Å². The number of para-hydroxylation sites is 1. The van der Waals surface area contributed by atoms with Crippen molar-refractivity contribution in [3.05, 3.63) is 102 Å². The molecule has 1 heterocycles. The highest BCUT2D eigenvalue weighted by Crippen LogP contribution is 2.19. The molecule has 0 spiro atoms. The van der Waals surface area contributed by atoms with E-state index in [1.54, 1.807) is 54.7 Å². The van der Waals surface area contributed by atoms with Gasteiger partial charge in [0, 0.05) is 29.9 Å². The predicted molar refractivity (Wildman–Crippen MR) is 181 cm³/mol. The quantitative estimate of drug-likeness (QED) is 0.0737. The van der Waals surface area contributed by atoms with Gasteiger partial charge in [0.2, 0.25) is 23.6 Å². The number of rotatable bonds is 17. The Morgan fingerprint density at radius 1 is 0.680 bits per heavy atom. The van der Waals surface area contributed by atoms with Crippen molar-refractivity contribution in [2.75, 3.05) is 6.54 Å². The molecule has 262 valence electrons. The number of fused-ring (bicyclic) bond motifs is 1. The van der Waals surface area contributed by atoms with E-state index in [9.17, 15) is 44.1 Å². The summed E-state index contributed by atoms with van der Waals surface area (Å²) >= 11 is 0. The van der Waals surface area contributed by atoms with Crippen LogP contribution in [0.4, 0.5) is 0 Å². The molecule has 4 amide bonds. The maximum atomic E-state index is 13.5. The van der Waals surface area contributed by atoms with E-state index in [4.69, 9.17) is 5.73 Å². The van der Waals surface area contributed by atoms with Crippen LogP contribution in [0.25, 0.3) is 10.9 Å². The molecule has 4 aromatic rings. The minimum absolute atomic E-state index is 0.0489. The number of carbonyl (C=O) groups excluding carboxylic acids is 4. The van der Waals surface area contributed by atoms with Gasteiger partial charge in [-0.15, -0.1) is 0 Å². The first-order valence-corrected chi connectivity index (χ1v) is 15.6. The smallest absolute Gasteiger partial charge is 0.326 e. The van der Waals surface area contributed by atoms with Gasteiger partial charge in [-0.25, -0.2) is 4.79 Å². The van der Waals surface area contributed by atoms with Crippen molar-refractivity contribution >= 4 is 46.5 Å². The van der Waals surface area contributed by atoms with E-state index in [1.165, 1.54) is 24.3 Å². The van der Waals surface area contributed by atoms with E-state index in [0.717, 1.165) is 16.5 Å². The molecular weight excluding hydrogens is 648 g/mol. The van der Waals surface area contributed by atoms with Crippen molar-refractivity contribution in [3.8, 4) is 5.75 Å². The molecule has 0 unspecified atom stereocenters. The van der Waals surface area contributed by atoms with Crippen molar-refractivity contribution in [1.82, 2.24) is 26.3 Å². The number of carbonyl (C=O) groups is 6. The summed E-state index contributed by atoms with van der Waals surface area (Å²) in [6.45, 7) is -0.548. The molecule has 10 N–H and O–H groups in total. The zero-order valence-corrected chi connectivity index (χ0v) is 26.8. The van der Waals surface area contributed by atoms with Gasteiger partial charge in [-0.05, 0) is 41.3 Å². The summed E-state index contributed by atoms with van der Waals surface area (Å²) in [6.07, 6.45) is 0.640. The van der Waals surface area contributed by atoms with E-state index in [-0.39, 0.29) is 25.0 Å². The van der Waals surface area contributed by atoms with Crippen LogP contribution in [0.15, 0.2) is 85.1 Å². The van der Waals surface area contributed by atoms with Gasteiger partial charge in [0.1, 0.15) is 23.9 Å². The first-order valence-electron chi connectivity index (χ1n) is 15.6. The number of hydrogen-bond donors (Lipinski definition) is 9. The van der Waals surface area contributed by atoms with E-state index < -0.39 is 72.7 Å². The Bertz CT molecular complexity index is 1830. The summed E-state index contributed by atoms with van der Waals surface area (Å²) in [4.78, 5) is 79.2. The van der Waals surface area contributed by atoms with Gasteiger partial charge in [0.25, 0.3) is 0 Å². The van der Waals surface area contributed by atoms with Gasteiger partial charge in [0.15, 0.2) is 0 Å². The largest absolute Gasteiger partial charge is 0.508 e. The van der Waals surface area contributed by atoms with E-state index in [1.807, 2.05) is 6.07 Å². The number of carboxylic acids is 2. The van der Waals surface area contributed by atoms with Crippen molar-refractivity contribution in [1.29, 1.82) is 0 Å². The minimum atomic E-state index is -1.72. The number of aromatic amines is 1. The Hall–Kier alpha value is -6.22. The first-order chi connectivity index (χ1) is 23.9. The fraction of sp³-hybridized carbons (Fsp3) is 0.257. The fourth-order valence-electron chi connectivity index (χ4n) is 5.23. The number of phenols is 1. The number of phenolic OH excluding ortho intramolecular Hbond substituents is 1. The molecule has 0 bridgehead atoms. The molecule has 50 heavy (non-hydrogen) atoms. The van der Waals surface area contributed by atoms with Gasteiger partial charge in [-0.2, -0.15) is 0 Å². The topological polar surface area (TPSA) is 253 Å². The first kappa shape index (κ1) is 36.6. The highest BCUT2D eigenvalue weighted by Gasteiger charge is 2.32. The fourth-order valence-corrected chi connectivity index (χ4v) is 5.23. The summed E-state index contributed by atoms with van der Waals surface area (Å²) in [5, 5.41) is 39.4. The Labute approximate surface area is 286 Å². The van der Waals surface area contributed by atoms with Crippen LogP contribution in [0.3, 0.4) is 0 Å². The summed E-state index contributed by atoms with van der Waals surface area (Å²) in [5.74, 6) is -6.30. The van der Waals surface area contributed by atoms with E-state index >= 15 is 0 Å². The molecule has 3 aromatic carbocycles. The lowest BCUT2D eigenvalue weighted by atomic mass is 10.0. The molecule has 15 nitrogen and oxygen atoms in total. The van der Waals surface area contributed by atoms with E-state index in [0.29, 0.717) is 11.1 Å². The van der Waals surface area contributed by atoms with Gasteiger partial charge >= 0.3 is 11.9 Å². The third-order valence-corrected chi connectivity index (χ3v) is 7.81. The van der Waals surface area contributed by atoms with Crippen molar-refractivity contribution in [3.63, 3.8) is 0 Å². The van der Waals surface area contributed by atoms with Crippen LogP contribution >= 0.6 is 0 Å². The lowest BCUT2D eigenvalue weighted by Crippen LogP contribution is -2.57. The molecule has 4 rings (SSSR count). The average Bonchev–Trinajstić information content (AvgIpc) is 3.50. The van der Waals surface area contributed by atoms with Crippen LogP contribution in [-0.2, 0) is 48.0 Å². The number of H-pyrrole nitrogens is 1. The van der Waals surface area contributed by atoms with Gasteiger partial charge in [-0.3, -0.25) is 24.0 Å². The van der Waals surface area contributed by atoms with Crippen molar-refractivity contribution < 1.29 is 44.1 Å². The van der Waals surface area contributed by atoms with Gasteiger partial charge in [0.05, 0.1) is 19.0 Å². The normalized spacial score (nSPS) is 13.3. The molecule has 4 atom stereocenters. The molecule has 0 fully saturated rings. The molecule has 0 radical (unpaired) electrons. The van der Waals surface area contributed by atoms with Crippen LogP contribution in [0.5, 0.6) is 5.75 Å². The highest BCUT2D eigenvalue weighted by molar-refractivity contribution is 5.96. The average molecular weight is 687 g/mol. The summed E-state index contributed by atoms with van der Waals surface area (Å²) in [7, 11) is 0. The predicted octanol–water partition coefficient (Wildman–Crippen LogP) is 0.359. The van der Waals surface area contributed by atoms with Crippen molar-refractivity contribution in [2.45, 2.75) is 49.9 Å². The van der Waals surface area contributed by atoms with Gasteiger partial charge in [-0.1, -0.05) is 60.7 Å². The van der Waals surface area contributed by atoms with Gasteiger partial charge < -0.3 is 47.3 Å².